The van der Waals surface area contributed by atoms with E-state index in [9.17, 15) is 35.7 Å². The molecule has 144 valence electrons. The zero-order valence-corrected chi connectivity index (χ0v) is 13.5. The number of aliphatic hydroxyl groups is 7. The van der Waals surface area contributed by atoms with Crippen molar-refractivity contribution in [3.05, 3.63) is 12.3 Å². The van der Waals surface area contributed by atoms with E-state index in [-0.39, 0.29) is 6.42 Å². The first-order valence-electron chi connectivity index (χ1n) is 8.04. The minimum absolute atomic E-state index is 0.129. The Morgan fingerprint density at radius 3 is 2.40 bits per heavy atom. The van der Waals surface area contributed by atoms with Crippen LogP contribution < -0.4 is 0 Å². The molecule has 10 nitrogen and oxygen atoms in total. The van der Waals surface area contributed by atoms with E-state index < -0.39 is 66.8 Å². The second-order valence-corrected chi connectivity index (χ2v) is 7.08. The highest BCUT2D eigenvalue weighted by atomic mass is 16.8. The van der Waals surface area contributed by atoms with Crippen LogP contribution in [0.25, 0.3) is 0 Å². The van der Waals surface area contributed by atoms with Gasteiger partial charge in [0.1, 0.15) is 30.0 Å². The number of hydrogen-bond acceptors (Lipinski definition) is 10. The summed E-state index contributed by atoms with van der Waals surface area (Å²) in [5.41, 5.74) is -3.35. The first-order valence-corrected chi connectivity index (χ1v) is 8.04. The molecule has 1 saturated carbocycles. The van der Waals surface area contributed by atoms with E-state index >= 15 is 0 Å². The number of fused-ring (bicyclic) bond motifs is 1. The zero-order valence-electron chi connectivity index (χ0n) is 13.5. The van der Waals surface area contributed by atoms with Crippen LogP contribution in [0, 0.1) is 5.92 Å². The Balaban J connectivity index is 1.81. The third-order valence-corrected chi connectivity index (χ3v) is 5.25. The van der Waals surface area contributed by atoms with Crippen LogP contribution >= 0.6 is 0 Å². The van der Waals surface area contributed by atoms with Crippen LogP contribution in [0.2, 0.25) is 0 Å². The molecule has 5 unspecified atom stereocenters. The highest BCUT2D eigenvalue weighted by molar-refractivity contribution is 5.21. The molecule has 0 amide bonds. The van der Waals surface area contributed by atoms with Crippen molar-refractivity contribution in [1.82, 2.24) is 0 Å². The minimum Gasteiger partial charge on any atom is -0.472 e. The maximum Gasteiger partial charge on any atom is 0.210 e. The van der Waals surface area contributed by atoms with Crippen molar-refractivity contribution in [3.8, 4) is 0 Å². The van der Waals surface area contributed by atoms with Crippen molar-refractivity contribution in [2.45, 2.75) is 67.6 Å². The molecule has 10 heteroatoms. The van der Waals surface area contributed by atoms with E-state index in [1.807, 2.05) is 0 Å². The summed E-state index contributed by atoms with van der Waals surface area (Å²) in [7, 11) is 0. The van der Waals surface area contributed by atoms with Crippen LogP contribution in [0.1, 0.15) is 13.3 Å². The molecule has 1 aliphatic carbocycles. The Morgan fingerprint density at radius 2 is 1.76 bits per heavy atom. The Hall–Kier alpha value is -0.820. The number of hydrogen-bond donors (Lipinski definition) is 7. The zero-order chi connectivity index (χ0) is 18.6. The third-order valence-electron chi connectivity index (χ3n) is 5.25. The molecule has 3 rings (SSSR count). The van der Waals surface area contributed by atoms with Gasteiger partial charge in [-0.15, -0.1) is 0 Å². The van der Waals surface area contributed by atoms with Gasteiger partial charge >= 0.3 is 0 Å². The predicted molar refractivity (Wildman–Crippen MR) is 78.6 cm³/mol. The summed E-state index contributed by atoms with van der Waals surface area (Å²) in [4.78, 5) is 0. The topological polar surface area (TPSA) is 169 Å². The molecule has 1 saturated heterocycles. The van der Waals surface area contributed by atoms with Gasteiger partial charge in [0.15, 0.2) is 6.29 Å². The van der Waals surface area contributed by atoms with Gasteiger partial charge in [-0.1, -0.05) is 0 Å². The lowest BCUT2D eigenvalue weighted by Gasteiger charge is -2.45. The van der Waals surface area contributed by atoms with Gasteiger partial charge in [0.2, 0.25) is 6.29 Å². The van der Waals surface area contributed by atoms with E-state index in [0.29, 0.717) is 0 Å². The molecule has 0 spiro atoms. The first kappa shape index (κ1) is 19.0. The summed E-state index contributed by atoms with van der Waals surface area (Å²) >= 11 is 0. The lowest BCUT2D eigenvalue weighted by Crippen LogP contribution is -2.61. The van der Waals surface area contributed by atoms with E-state index in [2.05, 4.69) is 0 Å². The number of aliphatic hydroxyl groups excluding tert-OH is 5. The van der Waals surface area contributed by atoms with Crippen molar-refractivity contribution in [2.75, 3.05) is 6.61 Å². The summed E-state index contributed by atoms with van der Waals surface area (Å²) in [6.07, 6.45) is -7.87. The van der Waals surface area contributed by atoms with Crippen LogP contribution in [-0.4, -0.2) is 96.7 Å². The quantitative estimate of drug-likeness (QED) is 0.267. The lowest BCUT2D eigenvalue weighted by atomic mass is 9.81. The molecule has 3 aliphatic rings. The lowest BCUT2D eigenvalue weighted by molar-refractivity contribution is -0.351. The van der Waals surface area contributed by atoms with Gasteiger partial charge < -0.3 is 50.0 Å². The average Bonchev–Trinajstić information content (AvgIpc) is 2.73. The monoisotopic (exact) mass is 364 g/mol. The maximum atomic E-state index is 10.7. The molecule has 10 atom stereocenters. The molecule has 7 N–H and O–H groups in total. The van der Waals surface area contributed by atoms with Gasteiger partial charge in [-0.2, -0.15) is 0 Å². The van der Waals surface area contributed by atoms with Crippen LogP contribution in [0.15, 0.2) is 12.3 Å². The fourth-order valence-corrected chi connectivity index (χ4v) is 3.84. The summed E-state index contributed by atoms with van der Waals surface area (Å²) in [5, 5.41) is 70.2. The molecular formula is C15H24O10. The average molecular weight is 364 g/mol. The fraction of sp³-hybridized carbons (Fsp3) is 0.867. The molecular weight excluding hydrogens is 340 g/mol. The first-order chi connectivity index (χ1) is 11.6. The van der Waals surface area contributed by atoms with Gasteiger partial charge in [-0.3, -0.25) is 0 Å². The summed E-state index contributed by atoms with van der Waals surface area (Å²) < 4.78 is 16.0. The van der Waals surface area contributed by atoms with Gasteiger partial charge in [-0.05, 0) is 13.0 Å². The summed E-state index contributed by atoms with van der Waals surface area (Å²) in [5.74, 6) is -1.10. The molecule has 0 aromatic rings. The number of rotatable bonds is 3. The molecule has 0 radical (unpaired) electrons. The van der Waals surface area contributed by atoms with Gasteiger partial charge in [0, 0.05) is 6.42 Å². The maximum absolute atomic E-state index is 10.7. The Bertz CT molecular complexity index is 522. The molecule has 0 bridgehead atoms. The van der Waals surface area contributed by atoms with Crippen LogP contribution in [0.3, 0.4) is 0 Å². The van der Waals surface area contributed by atoms with Crippen molar-refractivity contribution < 1.29 is 50.0 Å². The van der Waals surface area contributed by atoms with Crippen LogP contribution in [0.5, 0.6) is 0 Å². The van der Waals surface area contributed by atoms with E-state index in [1.165, 1.54) is 13.0 Å². The molecule has 2 heterocycles. The number of ether oxygens (including phenoxy) is 3. The molecule has 25 heavy (non-hydrogen) atoms. The van der Waals surface area contributed by atoms with E-state index in [4.69, 9.17) is 14.2 Å². The van der Waals surface area contributed by atoms with Crippen molar-refractivity contribution in [3.63, 3.8) is 0 Å². The Morgan fingerprint density at radius 1 is 1.08 bits per heavy atom. The van der Waals surface area contributed by atoms with Crippen LogP contribution in [0.4, 0.5) is 0 Å². The fourth-order valence-electron chi connectivity index (χ4n) is 3.84. The predicted octanol–water partition coefficient (Wildman–Crippen LogP) is -3.46. The molecule has 0 aromatic heterocycles. The standard InChI is InChI=1S/C15H24O10/c1-14(21)4-7(17)15(22)2-3-23-13(11(14)15)25-12-10(20)9(19)8(18)6(5-16)24-12/h2-3,6-13,16-22H,4-5H2,1H3/t6-,7?,8-,9+,10-,11?,12+,13?,14?,15?/m1/s1. The molecule has 2 aliphatic heterocycles. The Labute approximate surface area is 143 Å². The minimum atomic E-state index is -1.81. The largest absolute Gasteiger partial charge is 0.472 e. The summed E-state index contributed by atoms with van der Waals surface area (Å²) in [6, 6.07) is 0. The SMILES string of the molecule is CC1(O)CC(O)C2(O)C=COC(O[C@@H]3O[C@H](CO)[C@@H](O)[C@H](O)[C@H]3O)C12. The Kier molecular flexibility index (Phi) is 4.86. The van der Waals surface area contributed by atoms with E-state index in [0.717, 1.165) is 6.26 Å². The van der Waals surface area contributed by atoms with Gasteiger partial charge in [0.25, 0.3) is 0 Å². The van der Waals surface area contributed by atoms with Crippen LogP contribution in [-0.2, 0) is 14.2 Å². The molecule has 2 fully saturated rings. The van der Waals surface area contributed by atoms with Crippen molar-refractivity contribution in [2.24, 2.45) is 5.92 Å². The second-order valence-electron chi connectivity index (χ2n) is 7.08. The van der Waals surface area contributed by atoms with Crippen molar-refractivity contribution >= 4 is 0 Å². The summed E-state index contributed by atoms with van der Waals surface area (Å²) in [6.45, 7) is 0.783. The third kappa shape index (κ3) is 2.97. The van der Waals surface area contributed by atoms with E-state index in [1.54, 1.807) is 0 Å². The second kappa shape index (κ2) is 6.41. The highest BCUT2D eigenvalue weighted by Crippen LogP contribution is 2.49. The van der Waals surface area contributed by atoms with Crippen molar-refractivity contribution in [1.29, 1.82) is 0 Å². The van der Waals surface area contributed by atoms with Gasteiger partial charge in [-0.25, -0.2) is 0 Å². The van der Waals surface area contributed by atoms with Gasteiger partial charge in [0.05, 0.1) is 30.5 Å². The highest BCUT2D eigenvalue weighted by Gasteiger charge is 2.64. The smallest absolute Gasteiger partial charge is 0.210 e. The molecule has 0 aromatic carbocycles. The normalized spacial score (nSPS) is 55.7.